The first-order valence-corrected chi connectivity index (χ1v) is 12.2. The van der Waals surface area contributed by atoms with E-state index in [9.17, 15) is 14.7 Å². The van der Waals surface area contributed by atoms with Gasteiger partial charge in [0.25, 0.3) is 0 Å². The Morgan fingerprint density at radius 1 is 1.19 bits per heavy atom. The smallest absolute Gasteiger partial charge is 0.348 e. The largest absolute Gasteiger partial charge is 0.477 e. The Kier molecular flexibility index (Phi) is 8.27. The Morgan fingerprint density at radius 2 is 1.87 bits per heavy atom. The maximum atomic E-state index is 13.8. The van der Waals surface area contributed by atoms with Gasteiger partial charge in [-0.15, -0.1) is 11.3 Å². The van der Waals surface area contributed by atoms with E-state index in [1.807, 2.05) is 48.3 Å². The fourth-order valence-corrected chi connectivity index (χ4v) is 5.48. The minimum Gasteiger partial charge on any atom is -0.477 e. The minimum absolute atomic E-state index is 0.0263. The molecule has 1 saturated carbocycles. The molecule has 6 heteroatoms. The molecule has 1 unspecified atom stereocenters. The van der Waals surface area contributed by atoms with Gasteiger partial charge in [-0.3, -0.25) is 4.79 Å². The lowest BCUT2D eigenvalue weighted by Crippen LogP contribution is -2.45. The summed E-state index contributed by atoms with van der Waals surface area (Å²) in [4.78, 5) is 29.0. The predicted octanol–water partition coefficient (Wildman–Crippen LogP) is 5.66. The molecule has 1 atom stereocenters. The Labute approximate surface area is 189 Å². The van der Waals surface area contributed by atoms with E-state index in [-0.39, 0.29) is 22.7 Å². The normalized spacial score (nSPS) is 19.7. The SMILES string of the molecule is CCC(CCNC)N(C(=O)C1CCC(C)CC1)c1cc(-c2ccccc2)sc1C(=O)O. The average molecular weight is 443 g/mol. The van der Waals surface area contributed by atoms with Gasteiger partial charge in [0.1, 0.15) is 4.88 Å². The van der Waals surface area contributed by atoms with E-state index in [0.717, 1.165) is 55.5 Å². The fraction of sp³-hybridized carbons (Fsp3) is 0.520. The van der Waals surface area contributed by atoms with Gasteiger partial charge in [-0.2, -0.15) is 0 Å². The third kappa shape index (κ3) is 5.55. The van der Waals surface area contributed by atoms with Crippen molar-refractivity contribution in [2.45, 2.75) is 58.4 Å². The summed E-state index contributed by atoms with van der Waals surface area (Å²) >= 11 is 1.26. The van der Waals surface area contributed by atoms with Gasteiger partial charge >= 0.3 is 5.97 Å². The van der Waals surface area contributed by atoms with Crippen molar-refractivity contribution in [2.75, 3.05) is 18.5 Å². The van der Waals surface area contributed by atoms with E-state index >= 15 is 0 Å². The van der Waals surface area contributed by atoms with E-state index in [1.165, 1.54) is 11.3 Å². The summed E-state index contributed by atoms with van der Waals surface area (Å²) in [5.74, 6) is -0.249. The van der Waals surface area contributed by atoms with E-state index in [0.29, 0.717) is 11.6 Å². The maximum Gasteiger partial charge on any atom is 0.348 e. The number of nitrogens with one attached hydrogen (secondary N) is 1. The van der Waals surface area contributed by atoms with Crippen LogP contribution >= 0.6 is 11.3 Å². The van der Waals surface area contributed by atoms with Gasteiger partial charge in [-0.25, -0.2) is 4.79 Å². The summed E-state index contributed by atoms with van der Waals surface area (Å²) in [5.41, 5.74) is 1.53. The van der Waals surface area contributed by atoms with E-state index in [2.05, 4.69) is 19.2 Å². The zero-order chi connectivity index (χ0) is 22.4. The first-order chi connectivity index (χ1) is 15.0. The Balaban J connectivity index is 2.04. The number of hydrogen-bond donors (Lipinski definition) is 2. The summed E-state index contributed by atoms with van der Waals surface area (Å²) in [7, 11) is 1.90. The summed E-state index contributed by atoms with van der Waals surface area (Å²) in [5, 5.41) is 13.2. The van der Waals surface area contributed by atoms with Crippen LogP contribution in [0.2, 0.25) is 0 Å². The fourth-order valence-electron chi connectivity index (χ4n) is 4.48. The van der Waals surface area contributed by atoms with Crippen LogP contribution in [0.3, 0.4) is 0 Å². The van der Waals surface area contributed by atoms with Crippen molar-refractivity contribution in [3.63, 3.8) is 0 Å². The maximum absolute atomic E-state index is 13.8. The second-order valence-electron chi connectivity index (χ2n) is 8.62. The molecule has 2 aromatic rings. The number of thiophene rings is 1. The summed E-state index contributed by atoms with van der Waals surface area (Å²) in [6.45, 7) is 5.10. The van der Waals surface area contributed by atoms with Crippen LogP contribution in [0.15, 0.2) is 36.4 Å². The monoisotopic (exact) mass is 442 g/mol. The molecule has 1 heterocycles. The lowest BCUT2D eigenvalue weighted by molar-refractivity contribution is -0.124. The molecule has 0 aliphatic heterocycles. The highest BCUT2D eigenvalue weighted by molar-refractivity contribution is 7.18. The van der Waals surface area contributed by atoms with Gasteiger partial charge < -0.3 is 15.3 Å². The number of carboxylic acid groups (broad SMARTS) is 1. The Bertz CT molecular complexity index is 872. The van der Waals surface area contributed by atoms with Gasteiger partial charge in [-0.05, 0) is 69.7 Å². The van der Waals surface area contributed by atoms with Gasteiger partial charge in [-0.1, -0.05) is 44.2 Å². The van der Waals surface area contributed by atoms with Gasteiger partial charge in [0.05, 0.1) is 5.69 Å². The van der Waals surface area contributed by atoms with Crippen LogP contribution in [-0.4, -0.2) is 36.6 Å². The zero-order valence-electron chi connectivity index (χ0n) is 18.8. The lowest BCUT2D eigenvalue weighted by Gasteiger charge is -2.36. The molecule has 3 rings (SSSR count). The van der Waals surface area contributed by atoms with Crippen molar-refractivity contribution in [2.24, 2.45) is 11.8 Å². The van der Waals surface area contributed by atoms with Gasteiger partial charge in [0.15, 0.2) is 0 Å². The molecule has 1 aromatic heterocycles. The quantitative estimate of drug-likeness (QED) is 0.526. The second kappa shape index (κ2) is 10.9. The molecule has 168 valence electrons. The molecular formula is C25H34N2O3S. The van der Waals surface area contributed by atoms with Crippen LogP contribution in [0.5, 0.6) is 0 Å². The number of hydrogen-bond acceptors (Lipinski definition) is 4. The molecule has 0 spiro atoms. The van der Waals surface area contributed by atoms with Crippen LogP contribution < -0.4 is 10.2 Å². The van der Waals surface area contributed by atoms with Crippen molar-refractivity contribution >= 4 is 28.9 Å². The summed E-state index contributed by atoms with van der Waals surface area (Å²) < 4.78 is 0. The van der Waals surface area contributed by atoms with Crippen LogP contribution in [-0.2, 0) is 4.79 Å². The minimum atomic E-state index is -0.972. The molecular weight excluding hydrogens is 408 g/mol. The molecule has 2 N–H and O–H groups in total. The van der Waals surface area contributed by atoms with E-state index in [4.69, 9.17) is 0 Å². The number of benzene rings is 1. The number of carboxylic acids is 1. The van der Waals surface area contributed by atoms with Gasteiger partial charge in [0, 0.05) is 16.8 Å². The standard InChI is InChI=1S/C25H34N2O3S/c1-4-20(14-15-26-3)27(24(28)19-12-10-17(2)11-13-19)21-16-22(31-23(21)25(29)30)18-8-6-5-7-9-18/h5-9,16-17,19-20,26H,4,10-15H2,1-3H3,(H,29,30). The van der Waals surface area contributed by atoms with Crippen LogP contribution in [0.1, 0.15) is 62.0 Å². The third-order valence-electron chi connectivity index (χ3n) is 6.39. The molecule has 1 amide bonds. The molecule has 0 bridgehead atoms. The summed E-state index contributed by atoms with van der Waals surface area (Å²) in [6.07, 6.45) is 5.46. The average Bonchev–Trinajstić information content (AvgIpc) is 3.22. The second-order valence-corrected chi connectivity index (χ2v) is 9.67. The molecule has 1 aromatic carbocycles. The zero-order valence-corrected chi connectivity index (χ0v) is 19.6. The van der Waals surface area contributed by atoms with Crippen LogP contribution in [0.25, 0.3) is 10.4 Å². The molecule has 1 fully saturated rings. The van der Waals surface area contributed by atoms with Crippen LogP contribution in [0, 0.1) is 11.8 Å². The van der Waals surface area contributed by atoms with Crippen molar-refractivity contribution < 1.29 is 14.7 Å². The number of anilines is 1. The number of nitrogens with zero attached hydrogens (tertiary/aromatic N) is 1. The molecule has 0 saturated heterocycles. The molecule has 5 nitrogen and oxygen atoms in total. The third-order valence-corrected chi connectivity index (χ3v) is 7.55. The topological polar surface area (TPSA) is 69.6 Å². The Morgan fingerprint density at radius 3 is 2.45 bits per heavy atom. The predicted molar refractivity (Wildman–Crippen MR) is 128 cm³/mol. The van der Waals surface area contributed by atoms with E-state index < -0.39 is 5.97 Å². The van der Waals surface area contributed by atoms with Crippen molar-refractivity contribution in [1.82, 2.24) is 5.32 Å². The van der Waals surface area contributed by atoms with Gasteiger partial charge in [0.2, 0.25) is 5.91 Å². The first kappa shape index (κ1) is 23.5. The summed E-state index contributed by atoms with van der Waals surface area (Å²) in [6, 6.07) is 11.7. The van der Waals surface area contributed by atoms with Crippen molar-refractivity contribution in [3.05, 3.63) is 41.3 Å². The number of carbonyl (C=O) groups excluding carboxylic acids is 1. The lowest BCUT2D eigenvalue weighted by atomic mass is 9.82. The molecule has 1 aliphatic carbocycles. The van der Waals surface area contributed by atoms with E-state index in [1.54, 1.807) is 0 Å². The highest BCUT2D eigenvalue weighted by Crippen LogP contribution is 2.40. The number of carbonyl (C=O) groups is 2. The highest BCUT2D eigenvalue weighted by Gasteiger charge is 2.35. The number of amides is 1. The highest BCUT2D eigenvalue weighted by atomic mass is 32.1. The molecule has 0 radical (unpaired) electrons. The number of aromatic carboxylic acids is 1. The van der Waals surface area contributed by atoms with Crippen LogP contribution in [0.4, 0.5) is 5.69 Å². The van der Waals surface area contributed by atoms with Crippen molar-refractivity contribution in [3.8, 4) is 10.4 Å². The van der Waals surface area contributed by atoms with Crippen molar-refractivity contribution in [1.29, 1.82) is 0 Å². The Hall–Kier alpha value is -2.18. The number of rotatable bonds is 9. The first-order valence-electron chi connectivity index (χ1n) is 11.4. The molecule has 1 aliphatic rings. The molecule has 31 heavy (non-hydrogen) atoms.